The van der Waals surface area contributed by atoms with E-state index in [2.05, 4.69) is 20.3 Å². The first kappa shape index (κ1) is 19.6. The van der Waals surface area contributed by atoms with Crippen LogP contribution in [0.15, 0.2) is 67.0 Å². The van der Waals surface area contributed by atoms with Crippen LogP contribution in [0.1, 0.15) is 0 Å². The molecule has 0 fully saturated rings. The van der Waals surface area contributed by atoms with Gasteiger partial charge in [0.15, 0.2) is 5.82 Å². The van der Waals surface area contributed by atoms with Crippen LogP contribution in [-0.4, -0.2) is 34.8 Å². The summed E-state index contributed by atoms with van der Waals surface area (Å²) in [5, 5.41) is 2.91. The van der Waals surface area contributed by atoms with Gasteiger partial charge in [-0.05, 0) is 47.5 Å². The highest BCUT2D eigenvalue weighted by Gasteiger charge is 2.27. The molecule has 1 N–H and O–H groups in total. The van der Waals surface area contributed by atoms with Gasteiger partial charge >= 0.3 is 6.18 Å². The van der Waals surface area contributed by atoms with Crippen LogP contribution in [0.3, 0.4) is 0 Å². The van der Waals surface area contributed by atoms with Crippen molar-refractivity contribution in [3.8, 4) is 28.3 Å². The number of aromatic nitrogens is 3. The lowest BCUT2D eigenvalue weighted by Gasteiger charge is -2.14. The lowest BCUT2D eigenvalue weighted by molar-refractivity contribution is -0.115. The molecule has 0 aliphatic rings. The molecule has 0 aliphatic heterocycles. The van der Waals surface area contributed by atoms with E-state index < -0.39 is 12.7 Å². The Morgan fingerprint density at radius 1 is 0.933 bits per heavy atom. The van der Waals surface area contributed by atoms with Crippen molar-refractivity contribution < 1.29 is 17.9 Å². The highest BCUT2D eigenvalue weighted by molar-refractivity contribution is 5.94. The number of benzene rings is 2. The maximum atomic E-state index is 12.9. The van der Waals surface area contributed by atoms with E-state index in [4.69, 9.17) is 4.74 Å². The van der Waals surface area contributed by atoms with E-state index >= 15 is 0 Å². The number of hydrogen-bond acceptors (Lipinski definition) is 5. The highest BCUT2D eigenvalue weighted by Crippen LogP contribution is 2.31. The summed E-state index contributed by atoms with van der Waals surface area (Å²) in [6.45, 7) is -1.20. The highest BCUT2D eigenvalue weighted by atomic mass is 19.4. The lowest BCUT2D eigenvalue weighted by Crippen LogP contribution is -2.22. The Bertz CT molecular complexity index is 1180. The Hall–Kier alpha value is -3.68. The van der Waals surface area contributed by atoms with Gasteiger partial charge < -0.3 is 10.1 Å². The zero-order valence-electron chi connectivity index (χ0n) is 15.9. The number of halogens is 3. The molecule has 5 nitrogen and oxygen atoms in total. The van der Waals surface area contributed by atoms with Gasteiger partial charge in [-0.1, -0.05) is 18.2 Å². The number of nitrogens with one attached hydrogen (secondary N) is 1. The van der Waals surface area contributed by atoms with Crippen molar-refractivity contribution in [2.24, 2.45) is 0 Å². The molecule has 30 heavy (non-hydrogen) atoms. The molecular formula is C22H17F3N4O. The van der Waals surface area contributed by atoms with Gasteiger partial charge in [0.2, 0.25) is 0 Å². The van der Waals surface area contributed by atoms with E-state index in [-0.39, 0.29) is 5.82 Å². The molecule has 0 bridgehead atoms. The summed E-state index contributed by atoms with van der Waals surface area (Å²) in [4.78, 5) is 12.9. The second-order valence-electron chi connectivity index (χ2n) is 6.57. The minimum absolute atomic E-state index is 0.112. The van der Waals surface area contributed by atoms with E-state index in [0.717, 1.165) is 11.1 Å². The molecule has 0 amide bonds. The van der Waals surface area contributed by atoms with Gasteiger partial charge in [-0.2, -0.15) is 13.2 Å². The quantitative estimate of drug-likeness (QED) is 0.481. The van der Waals surface area contributed by atoms with Gasteiger partial charge in [0, 0.05) is 23.3 Å². The number of hydrogen-bond donors (Lipinski definition) is 1. The SMILES string of the molecule is COc1cccc(-c2ccc3nc(-c4cccnc4)nc(NCC(F)(F)F)c3c2)c1. The van der Waals surface area contributed by atoms with Crippen LogP contribution in [0.5, 0.6) is 5.75 Å². The molecule has 0 saturated carbocycles. The minimum atomic E-state index is -4.38. The summed E-state index contributed by atoms with van der Waals surface area (Å²) in [6, 6.07) is 16.3. The maximum Gasteiger partial charge on any atom is 0.405 e. The molecule has 0 spiro atoms. The fourth-order valence-electron chi connectivity index (χ4n) is 3.05. The maximum absolute atomic E-state index is 12.9. The summed E-state index contributed by atoms with van der Waals surface area (Å²) in [5.41, 5.74) is 2.83. The second-order valence-corrected chi connectivity index (χ2v) is 6.57. The Morgan fingerprint density at radius 2 is 1.73 bits per heavy atom. The molecule has 4 aromatic rings. The summed E-state index contributed by atoms with van der Waals surface area (Å²) in [6.07, 6.45) is -1.21. The van der Waals surface area contributed by atoms with Crippen molar-refractivity contribution in [1.29, 1.82) is 0 Å². The first-order chi connectivity index (χ1) is 14.4. The van der Waals surface area contributed by atoms with E-state index in [9.17, 15) is 13.2 Å². The van der Waals surface area contributed by atoms with Crippen molar-refractivity contribution >= 4 is 16.7 Å². The van der Waals surface area contributed by atoms with Crippen LogP contribution in [0, 0.1) is 0 Å². The monoisotopic (exact) mass is 410 g/mol. The molecular weight excluding hydrogens is 393 g/mol. The number of anilines is 1. The predicted octanol–water partition coefficient (Wildman–Crippen LogP) is 5.34. The molecule has 8 heteroatoms. The first-order valence-electron chi connectivity index (χ1n) is 9.10. The molecule has 0 atom stereocenters. The van der Waals surface area contributed by atoms with Gasteiger partial charge in [-0.15, -0.1) is 0 Å². The first-order valence-corrected chi connectivity index (χ1v) is 9.10. The van der Waals surface area contributed by atoms with Gasteiger partial charge in [-0.3, -0.25) is 4.98 Å². The third-order valence-corrected chi connectivity index (χ3v) is 4.47. The van der Waals surface area contributed by atoms with Crippen LogP contribution in [-0.2, 0) is 0 Å². The summed E-state index contributed by atoms with van der Waals surface area (Å²) in [5.74, 6) is 1.10. The van der Waals surface area contributed by atoms with Crippen LogP contribution < -0.4 is 10.1 Å². The fraction of sp³-hybridized carbons (Fsp3) is 0.136. The summed E-state index contributed by atoms with van der Waals surface area (Å²) < 4.78 is 43.8. The Morgan fingerprint density at radius 3 is 2.47 bits per heavy atom. The van der Waals surface area contributed by atoms with Crippen molar-refractivity contribution in [3.05, 3.63) is 67.0 Å². The number of alkyl halides is 3. The van der Waals surface area contributed by atoms with E-state index in [0.29, 0.717) is 28.0 Å². The van der Waals surface area contributed by atoms with Crippen LogP contribution >= 0.6 is 0 Å². The smallest absolute Gasteiger partial charge is 0.405 e. The van der Waals surface area contributed by atoms with Crippen molar-refractivity contribution in [2.75, 3.05) is 19.0 Å². The fourth-order valence-corrected chi connectivity index (χ4v) is 3.05. The number of pyridine rings is 1. The molecule has 2 aromatic heterocycles. The number of ether oxygens (including phenoxy) is 1. The number of fused-ring (bicyclic) bond motifs is 1. The normalized spacial score (nSPS) is 11.5. The number of rotatable bonds is 5. The summed E-state index contributed by atoms with van der Waals surface area (Å²) in [7, 11) is 1.58. The van der Waals surface area contributed by atoms with Gasteiger partial charge in [-0.25, -0.2) is 9.97 Å². The van der Waals surface area contributed by atoms with Crippen molar-refractivity contribution in [1.82, 2.24) is 15.0 Å². The zero-order chi connectivity index (χ0) is 21.1. The molecule has 0 unspecified atom stereocenters. The van der Waals surface area contributed by atoms with Crippen molar-refractivity contribution in [3.63, 3.8) is 0 Å². The van der Waals surface area contributed by atoms with Crippen LogP contribution in [0.25, 0.3) is 33.4 Å². The number of nitrogens with zero attached hydrogens (tertiary/aromatic N) is 3. The molecule has 2 heterocycles. The Balaban J connectivity index is 1.84. The van der Waals surface area contributed by atoms with E-state index in [1.165, 1.54) is 0 Å². The molecule has 152 valence electrons. The largest absolute Gasteiger partial charge is 0.497 e. The van der Waals surface area contributed by atoms with Gasteiger partial charge in [0.25, 0.3) is 0 Å². The molecule has 0 radical (unpaired) electrons. The standard InChI is InChI=1S/C22H17F3N4O/c1-30-17-6-2-4-14(10-17)15-7-8-19-18(11-15)21(27-13-22(23,24)25)29-20(28-19)16-5-3-9-26-12-16/h2-12H,13H2,1H3,(H,27,28,29). The third kappa shape index (κ3) is 4.32. The topological polar surface area (TPSA) is 59.9 Å². The average molecular weight is 410 g/mol. The van der Waals surface area contributed by atoms with E-state index in [1.54, 1.807) is 43.8 Å². The second kappa shape index (κ2) is 7.98. The van der Waals surface area contributed by atoms with Crippen LogP contribution in [0.4, 0.5) is 19.0 Å². The molecule has 2 aromatic carbocycles. The van der Waals surface area contributed by atoms with Crippen molar-refractivity contribution in [2.45, 2.75) is 6.18 Å². The predicted molar refractivity (Wildman–Crippen MR) is 109 cm³/mol. The van der Waals surface area contributed by atoms with Gasteiger partial charge in [0.05, 0.1) is 12.6 Å². The zero-order valence-corrected chi connectivity index (χ0v) is 15.9. The molecule has 0 aliphatic carbocycles. The minimum Gasteiger partial charge on any atom is -0.497 e. The van der Waals surface area contributed by atoms with E-state index in [1.807, 2.05) is 30.3 Å². The lowest BCUT2D eigenvalue weighted by atomic mass is 10.0. The van der Waals surface area contributed by atoms with Gasteiger partial charge in [0.1, 0.15) is 18.1 Å². The third-order valence-electron chi connectivity index (χ3n) is 4.47. The Labute approximate surface area is 170 Å². The summed E-state index contributed by atoms with van der Waals surface area (Å²) >= 11 is 0. The molecule has 4 rings (SSSR count). The number of methoxy groups -OCH3 is 1. The molecule has 0 saturated heterocycles. The Kier molecular flexibility index (Phi) is 5.22. The van der Waals surface area contributed by atoms with Crippen LogP contribution in [0.2, 0.25) is 0 Å². The average Bonchev–Trinajstić information content (AvgIpc) is 2.77.